The molecule has 4 rings (SSSR count). The Hall–Kier alpha value is -2.52. The van der Waals surface area contributed by atoms with Gasteiger partial charge in [0.1, 0.15) is 0 Å². The van der Waals surface area contributed by atoms with Crippen molar-refractivity contribution < 1.29 is 0 Å². The van der Waals surface area contributed by atoms with Crippen LogP contribution in [0.3, 0.4) is 0 Å². The average Bonchev–Trinajstić information content (AvgIpc) is 2.81. The zero-order chi connectivity index (χ0) is 19.9. The van der Waals surface area contributed by atoms with Crippen LogP contribution >= 0.6 is 15.8 Å². The molecule has 0 saturated carbocycles. The van der Waals surface area contributed by atoms with Crippen LogP contribution in [0.1, 0.15) is 0 Å². The summed E-state index contributed by atoms with van der Waals surface area (Å²) in [5.41, 5.74) is 0. The van der Waals surface area contributed by atoms with Crippen molar-refractivity contribution in [3.8, 4) is 0 Å². The molecule has 0 aromatic heterocycles. The van der Waals surface area contributed by atoms with E-state index in [2.05, 4.69) is 134 Å². The predicted molar refractivity (Wildman–Crippen MR) is 132 cm³/mol. The minimum absolute atomic E-state index is 0.342. The minimum atomic E-state index is -0.590. The molecule has 29 heavy (non-hydrogen) atoms. The lowest BCUT2D eigenvalue weighted by molar-refractivity contribution is 1.59. The van der Waals surface area contributed by atoms with Crippen molar-refractivity contribution in [1.82, 2.24) is 0 Å². The van der Waals surface area contributed by atoms with Gasteiger partial charge in [-0.2, -0.15) is 0 Å². The molecule has 0 amide bonds. The van der Waals surface area contributed by atoms with E-state index in [-0.39, 0.29) is 0 Å². The van der Waals surface area contributed by atoms with E-state index in [9.17, 15) is 0 Å². The molecule has 0 radical (unpaired) electrons. The quantitative estimate of drug-likeness (QED) is 0.268. The van der Waals surface area contributed by atoms with Crippen molar-refractivity contribution in [1.29, 1.82) is 0 Å². The van der Waals surface area contributed by atoms with Crippen LogP contribution in [0, 0.1) is 0 Å². The molecule has 0 bridgehead atoms. The lowest BCUT2D eigenvalue weighted by atomic mass is 10.4. The first kappa shape index (κ1) is 19.8. The van der Waals surface area contributed by atoms with Gasteiger partial charge in [0.2, 0.25) is 0 Å². The molecule has 4 aromatic carbocycles. The molecule has 0 atom stereocenters. The molecule has 0 heterocycles. The molecule has 0 fully saturated rings. The van der Waals surface area contributed by atoms with Gasteiger partial charge in [-0.05, 0) is 37.1 Å². The van der Waals surface area contributed by atoms with E-state index in [1.807, 2.05) is 0 Å². The van der Waals surface area contributed by atoms with E-state index in [0.29, 0.717) is 5.40 Å². The minimum Gasteiger partial charge on any atom is -0.102 e. The lowest BCUT2D eigenvalue weighted by Crippen LogP contribution is -2.26. The van der Waals surface area contributed by atoms with Crippen molar-refractivity contribution in [2.45, 2.75) is 5.40 Å². The van der Waals surface area contributed by atoms with Crippen molar-refractivity contribution in [2.24, 2.45) is 0 Å². The van der Waals surface area contributed by atoms with Gasteiger partial charge in [-0.15, -0.1) is 6.58 Å². The molecule has 0 aliphatic rings. The second-order valence-corrected chi connectivity index (χ2v) is 11.8. The number of allylic oxidation sites excluding steroid dienone is 1. The monoisotopic (exact) mass is 410 g/mol. The van der Waals surface area contributed by atoms with Crippen LogP contribution in [-0.4, -0.2) is 5.40 Å². The molecular weight excluding hydrogens is 386 g/mol. The van der Waals surface area contributed by atoms with Crippen LogP contribution in [-0.2, 0) is 0 Å². The van der Waals surface area contributed by atoms with Crippen LogP contribution in [0.4, 0.5) is 0 Å². The van der Waals surface area contributed by atoms with Gasteiger partial charge >= 0.3 is 0 Å². The highest BCUT2D eigenvalue weighted by molar-refractivity contribution is 7.89. The van der Waals surface area contributed by atoms with Crippen molar-refractivity contribution >= 4 is 37.1 Å². The highest BCUT2D eigenvalue weighted by Crippen LogP contribution is 2.56. The standard InChI is InChI=1S/C27H24P2/c1-2-27(28(23-15-7-3-8-16-23)24-17-9-4-10-18-24)29(25-19-11-5-12-20-25)26-21-13-6-14-22-26/h2-22,27H,1H2. The van der Waals surface area contributed by atoms with Crippen LogP contribution in [0.5, 0.6) is 0 Å². The molecule has 0 N–H and O–H groups in total. The molecule has 2 heteroatoms. The van der Waals surface area contributed by atoms with Crippen LogP contribution < -0.4 is 21.2 Å². The Morgan fingerprint density at radius 2 is 0.690 bits per heavy atom. The maximum absolute atomic E-state index is 4.34. The van der Waals surface area contributed by atoms with Crippen molar-refractivity contribution in [2.75, 3.05) is 0 Å². The summed E-state index contributed by atoms with van der Waals surface area (Å²) in [6, 6.07) is 43.8. The van der Waals surface area contributed by atoms with E-state index in [0.717, 1.165) is 0 Å². The van der Waals surface area contributed by atoms with Gasteiger partial charge in [-0.25, -0.2) is 0 Å². The predicted octanol–water partition coefficient (Wildman–Crippen LogP) is 5.76. The van der Waals surface area contributed by atoms with Crippen molar-refractivity contribution in [3.05, 3.63) is 134 Å². The second-order valence-electron chi connectivity index (χ2n) is 6.73. The number of hydrogen-bond donors (Lipinski definition) is 0. The molecule has 0 unspecified atom stereocenters. The third-order valence-electron chi connectivity index (χ3n) is 4.88. The van der Waals surface area contributed by atoms with Gasteiger partial charge in [-0.3, -0.25) is 0 Å². The highest BCUT2D eigenvalue weighted by Gasteiger charge is 2.31. The Morgan fingerprint density at radius 1 is 0.448 bits per heavy atom. The highest BCUT2D eigenvalue weighted by atomic mass is 31.2. The molecule has 0 aliphatic carbocycles. The summed E-state index contributed by atoms with van der Waals surface area (Å²) >= 11 is 0. The summed E-state index contributed by atoms with van der Waals surface area (Å²) < 4.78 is 0. The average molecular weight is 410 g/mol. The molecule has 0 saturated heterocycles. The third kappa shape index (κ3) is 4.56. The Kier molecular flexibility index (Phi) is 6.68. The summed E-state index contributed by atoms with van der Waals surface area (Å²) in [5, 5.41) is 5.95. The number of rotatable bonds is 7. The number of benzene rings is 4. The zero-order valence-corrected chi connectivity index (χ0v) is 18.1. The molecular formula is C27H24P2. The normalized spacial score (nSPS) is 11.1. The fraction of sp³-hybridized carbons (Fsp3) is 0.0370. The molecule has 4 aromatic rings. The molecule has 0 nitrogen and oxygen atoms in total. The van der Waals surface area contributed by atoms with Crippen LogP contribution in [0.15, 0.2) is 134 Å². The zero-order valence-electron chi connectivity index (χ0n) is 16.3. The van der Waals surface area contributed by atoms with Gasteiger partial charge in [-0.1, -0.05) is 127 Å². The first-order chi connectivity index (χ1) is 14.4. The van der Waals surface area contributed by atoms with E-state index < -0.39 is 15.8 Å². The van der Waals surface area contributed by atoms with Crippen LogP contribution in [0.2, 0.25) is 0 Å². The summed E-state index contributed by atoms with van der Waals surface area (Å²) in [6.45, 7) is 4.34. The fourth-order valence-corrected chi connectivity index (χ4v) is 10.3. The van der Waals surface area contributed by atoms with Gasteiger partial charge in [0.15, 0.2) is 0 Å². The largest absolute Gasteiger partial charge is 0.102 e. The van der Waals surface area contributed by atoms with Gasteiger partial charge in [0.05, 0.1) is 0 Å². The van der Waals surface area contributed by atoms with E-state index in [1.165, 1.54) is 21.2 Å². The van der Waals surface area contributed by atoms with E-state index in [4.69, 9.17) is 0 Å². The lowest BCUT2D eigenvalue weighted by Gasteiger charge is -2.34. The second kappa shape index (κ2) is 9.80. The SMILES string of the molecule is C=CC(P(c1ccccc1)c1ccccc1)P(c1ccccc1)c1ccccc1. The Bertz CT molecular complexity index is 853. The van der Waals surface area contributed by atoms with Gasteiger partial charge < -0.3 is 0 Å². The van der Waals surface area contributed by atoms with E-state index >= 15 is 0 Å². The van der Waals surface area contributed by atoms with Crippen LogP contribution in [0.25, 0.3) is 0 Å². The summed E-state index contributed by atoms with van der Waals surface area (Å²) in [5.74, 6) is 0. The first-order valence-corrected chi connectivity index (χ1v) is 12.6. The molecule has 0 spiro atoms. The first-order valence-electron chi connectivity index (χ1n) is 9.80. The fourth-order valence-electron chi connectivity index (χ4n) is 3.59. The van der Waals surface area contributed by atoms with Gasteiger partial charge in [0.25, 0.3) is 0 Å². The Labute approximate surface area is 176 Å². The molecule has 142 valence electrons. The summed E-state index contributed by atoms with van der Waals surface area (Å²) in [7, 11) is -1.18. The Morgan fingerprint density at radius 3 is 0.897 bits per heavy atom. The van der Waals surface area contributed by atoms with Crippen molar-refractivity contribution in [3.63, 3.8) is 0 Å². The maximum atomic E-state index is 4.34. The smallest absolute Gasteiger partial charge is 0.0331 e. The third-order valence-corrected chi connectivity index (χ3v) is 11.2. The van der Waals surface area contributed by atoms with E-state index in [1.54, 1.807) is 0 Å². The summed E-state index contributed by atoms with van der Waals surface area (Å²) in [6.07, 6.45) is 2.21. The van der Waals surface area contributed by atoms with Gasteiger partial charge in [0, 0.05) is 5.40 Å². The molecule has 0 aliphatic heterocycles. The number of hydrogen-bond acceptors (Lipinski definition) is 0. The summed E-state index contributed by atoms with van der Waals surface area (Å²) in [4.78, 5) is 0. The maximum Gasteiger partial charge on any atom is 0.0331 e. The Balaban J connectivity index is 1.89. The topological polar surface area (TPSA) is 0 Å².